The van der Waals surface area contributed by atoms with Gasteiger partial charge in [0.25, 0.3) is 5.91 Å². The molecule has 0 aromatic heterocycles. The molecule has 3 rings (SSSR count). The van der Waals surface area contributed by atoms with Crippen LogP contribution in [0.2, 0.25) is 5.02 Å². The number of halogens is 2. The van der Waals surface area contributed by atoms with E-state index in [4.69, 9.17) is 21.1 Å². The molecule has 0 spiro atoms. The minimum atomic E-state index is -0.506. The van der Waals surface area contributed by atoms with E-state index in [1.54, 1.807) is 0 Å². The first-order valence-electron chi connectivity index (χ1n) is 9.29. The Balaban J connectivity index is 1.65. The fourth-order valence-corrected chi connectivity index (χ4v) is 3.71. The molecule has 0 radical (unpaired) electrons. The van der Waals surface area contributed by atoms with Gasteiger partial charge in [-0.05, 0) is 37.5 Å². The van der Waals surface area contributed by atoms with Crippen molar-refractivity contribution in [3.63, 3.8) is 0 Å². The van der Waals surface area contributed by atoms with Gasteiger partial charge in [-0.1, -0.05) is 11.6 Å². The molecule has 7 heteroatoms. The van der Waals surface area contributed by atoms with Crippen molar-refractivity contribution in [3.05, 3.63) is 34.6 Å². The van der Waals surface area contributed by atoms with E-state index >= 15 is 0 Å². The van der Waals surface area contributed by atoms with Crippen molar-refractivity contribution >= 4 is 17.5 Å². The molecule has 2 aliphatic rings. The topological polar surface area (TPSA) is 42.0 Å². The molecule has 0 unspecified atom stereocenters. The van der Waals surface area contributed by atoms with Gasteiger partial charge in [-0.3, -0.25) is 9.69 Å². The van der Waals surface area contributed by atoms with E-state index in [2.05, 4.69) is 4.90 Å². The Hall–Kier alpha value is -1.21. The van der Waals surface area contributed by atoms with Crippen LogP contribution in [-0.2, 0) is 9.47 Å². The normalized spacial score (nSPS) is 19.5. The molecule has 0 atom stereocenters. The number of ether oxygens (including phenoxy) is 2. The number of carbonyl (C=O) groups excluding carboxylic acids is 1. The Morgan fingerprint density at radius 3 is 2.58 bits per heavy atom. The van der Waals surface area contributed by atoms with E-state index < -0.39 is 5.82 Å². The van der Waals surface area contributed by atoms with Crippen molar-refractivity contribution in [3.8, 4) is 0 Å². The van der Waals surface area contributed by atoms with E-state index in [-0.39, 0.29) is 17.0 Å². The highest BCUT2D eigenvalue weighted by atomic mass is 35.5. The van der Waals surface area contributed by atoms with Crippen molar-refractivity contribution < 1.29 is 18.7 Å². The molecule has 5 nitrogen and oxygen atoms in total. The first-order valence-corrected chi connectivity index (χ1v) is 9.67. The molecule has 2 saturated heterocycles. The van der Waals surface area contributed by atoms with Gasteiger partial charge in [0.1, 0.15) is 5.82 Å². The Labute approximate surface area is 159 Å². The van der Waals surface area contributed by atoms with Gasteiger partial charge in [-0.25, -0.2) is 4.39 Å². The predicted molar refractivity (Wildman–Crippen MR) is 98.2 cm³/mol. The Bertz CT molecular complexity index is 604. The average molecular weight is 385 g/mol. The second kappa shape index (κ2) is 9.65. The number of hydrogen-bond acceptors (Lipinski definition) is 4. The molecular weight excluding hydrogens is 359 g/mol. The third-order valence-corrected chi connectivity index (χ3v) is 5.33. The molecule has 2 heterocycles. The van der Waals surface area contributed by atoms with Gasteiger partial charge in [-0.15, -0.1) is 0 Å². The minimum absolute atomic E-state index is 0.0175. The molecule has 1 amide bonds. The van der Waals surface area contributed by atoms with Crippen molar-refractivity contribution in [2.45, 2.75) is 25.3 Å². The van der Waals surface area contributed by atoms with Crippen molar-refractivity contribution in [1.29, 1.82) is 0 Å². The SMILES string of the molecule is O=C(c1ccc(F)c(Cl)c1)N(CCCN1CCOCC1)C1CCOCC1. The molecule has 1 aromatic carbocycles. The lowest BCUT2D eigenvalue weighted by atomic mass is 10.0. The highest BCUT2D eigenvalue weighted by Gasteiger charge is 2.27. The summed E-state index contributed by atoms with van der Waals surface area (Å²) in [5.41, 5.74) is 0.439. The Morgan fingerprint density at radius 2 is 1.88 bits per heavy atom. The van der Waals surface area contributed by atoms with Crippen LogP contribution >= 0.6 is 11.6 Å². The number of rotatable bonds is 6. The third kappa shape index (κ3) is 5.16. The zero-order chi connectivity index (χ0) is 18.4. The predicted octanol–water partition coefficient (Wildman–Crippen LogP) is 2.82. The average Bonchev–Trinajstić information content (AvgIpc) is 2.68. The zero-order valence-electron chi connectivity index (χ0n) is 15.0. The summed E-state index contributed by atoms with van der Waals surface area (Å²) in [6.07, 6.45) is 2.56. The van der Waals surface area contributed by atoms with Crippen molar-refractivity contribution in [1.82, 2.24) is 9.80 Å². The summed E-state index contributed by atoms with van der Waals surface area (Å²) in [4.78, 5) is 17.3. The lowest BCUT2D eigenvalue weighted by Crippen LogP contribution is -2.45. The largest absolute Gasteiger partial charge is 0.381 e. The van der Waals surface area contributed by atoms with Gasteiger partial charge < -0.3 is 14.4 Å². The van der Waals surface area contributed by atoms with Crippen LogP contribution in [0.3, 0.4) is 0 Å². The maximum atomic E-state index is 13.4. The first-order chi connectivity index (χ1) is 12.6. The van der Waals surface area contributed by atoms with E-state index in [1.165, 1.54) is 18.2 Å². The smallest absolute Gasteiger partial charge is 0.254 e. The van der Waals surface area contributed by atoms with E-state index in [0.29, 0.717) is 25.3 Å². The molecule has 26 heavy (non-hydrogen) atoms. The molecule has 0 N–H and O–H groups in total. The van der Waals surface area contributed by atoms with E-state index in [0.717, 1.165) is 52.1 Å². The highest BCUT2D eigenvalue weighted by molar-refractivity contribution is 6.31. The van der Waals surface area contributed by atoms with Crippen LogP contribution in [0, 0.1) is 5.82 Å². The molecule has 144 valence electrons. The fourth-order valence-electron chi connectivity index (χ4n) is 3.53. The number of morpholine rings is 1. The quantitative estimate of drug-likeness (QED) is 0.756. The standard InChI is InChI=1S/C19H26ClFN2O3/c20-17-14-15(2-3-18(17)21)19(24)23(16-4-10-25-11-5-16)7-1-6-22-8-12-26-13-9-22/h2-3,14,16H,1,4-13H2. The molecule has 2 aliphatic heterocycles. The summed E-state index contributed by atoms with van der Waals surface area (Å²) in [5.74, 6) is -0.589. The summed E-state index contributed by atoms with van der Waals surface area (Å²) < 4.78 is 24.3. The summed E-state index contributed by atoms with van der Waals surface area (Å²) in [6.45, 7) is 6.39. The van der Waals surface area contributed by atoms with Gasteiger partial charge in [0.05, 0.1) is 18.2 Å². The number of hydrogen-bond donors (Lipinski definition) is 0. The lowest BCUT2D eigenvalue weighted by Gasteiger charge is -2.35. The summed E-state index contributed by atoms with van der Waals surface area (Å²) in [7, 11) is 0. The highest BCUT2D eigenvalue weighted by Crippen LogP contribution is 2.21. The van der Waals surface area contributed by atoms with Crippen LogP contribution in [0.15, 0.2) is 18.2 Å². The van der Waals surface area contributed by atoms with E-state index in [1.807, 2.05) is 4.90 Å². The first kappa shape index (κ1) is 19.5. The molecular formula is C19H26ClFN2O3. The van der Waals surface area contributed by atoms with Crippen LogP contribution in [0.1, 0.15) is 29.6 Å². The zero-order valence-corrected chi connectivity index (χ0v) is 15.7. The summed E-state index contributed by atoms with van der Waals surface area (Å²) >= 11 is 5.87. The molecule has 0 bridgehead atoms. The second-order valence-corrected chi connectivity index (χ2v) is 7.19. The van der Waals surface area contributed by atoms with E-state index in [9.17, 15) is 9.18 Å². The Morgan fingerprint density at radius 1 is 1.19 bits per heavy atom. The van der Waals surface area contributed by atoms with Crippen LogP contribution < -0.4 is 0 Å². The maximum Gasteiger partial charge on any atom is 0.254 e. The summed E-state index contributed by atoms with van der Waals surface area (Å²) in [5, 5.41) is -0.0175. The van der Waals surface area contributed by atoms with Gasteiger partial charge in [0.2, 0.25) is 0 Å². The number of nitrogens with zero attached hydrogens (tertiary/aromatic N) is 2. The van der Waals surface area contributed by atoms with Gasteiger partial charge in [0, 0.05) is 51.0 Å². The number of benzene rings is 1. The van der Waals surface area contributed by atoms with Crippen LogP contribution in [-0.4, -0.2) is 74.4 Å². The number of amides is 1. The van der Waals surface area contributed by atoms with Crippen LogP contribution in [0.4, 0.5) is 4.39 Å². The second-order valence-electron chi connectivity index (χ2n) is 6.78. The maximum absolute atomic E-state index is 13.4. The van der Waals surface area contributed by atoms with Crippen molar-refractivity contribution in [2.75, 3.05) is 52.6 Å². The Kier molecular flexibility index (Phi) is 7.25. The van der Waals surface area contributed by atoms with Crippen molar-refractivity contribution in [2.24, 2.45) is 0 Å². The van der Waals surface area contributed by atoms with Gasteiger partial charge >= 0.3 is 0 Å². The van der Waals surface area contributed by atoms with Crippen LogP contribution in [0.25, 0.3) is 0 Å². The lowest BCUT2D eigenvalue weighted by molar-refractivity contribution is 0.0223. The molecule has 0 aliphatic carbocycles. The minimum Gasteiger partial charge on any atom is -0.381 e. The molecule has 0 saturated carbocycles. The van der Waals surface area contributed by atoms with Gasteiger partial charge in [0.15, 0.2) is 0 Å². The monoisotopic (exact) mass is 384 g/mol. The molecule has 2 fully saturated rings. The number of carbonyl (C=O) groups is 1. The van der Waals surface area contributed by atoms with Gasteiger partial charge in [-0.2, -0.15) is 0 Å². The van der Waals surface area contributed by atoms with Crippen LogP contribution in [0.5, 0.6) is 0 Å². The third-order valence-electron chi connectivity index (χ3n) is 5.04. The fraction of sp³-hybridized carbons (Fsp3) is 0.632. The molecule has 1 aromatic rings. The summed E-state index contributed by atoms with van der Waals surface area (Å²) in [6, 6.07) is 4.35.